The second-order valence-electron chi connectivity index (χ2n) is 3.15. The van der Waals surface area contributed by atoms with E-state index >= 15 is 0 Å². The van der Waals surface area contributed by atoms with Crippen molar-refractivity contribution < 1.29 is 0 Å². The number of thioether (sulfide) groups is 1. The Kier molecular flexibility index (Phi) is 3.98. The van der Waals surface area contributed by atoms with Gasteiger partial charge in [0.15, 0.2) is 5.82 Å². The summed E-state index contributed by atoms with van der Waals surface area (Å²) >= 11 is 5.11. The maximum atomic E-state index is 5.43. The molecule has 0 atom stereocenters. The first kappa shape index (κ1) is 11.6. The second kappa shape index (κ2) is 5.47. The minimum absolute atomic E-state index is 0.374. The Hall–Kier alpha value is -0.850. The third-order valence-electron chi connectivity index (χ3n) is 1.95. The lowest BCUT2D eigenvalue weighted by Crippen LogP contribution is -1.98. The topological polar surface area (TPSA) is 67.6 Å². The van der Waals surface area contributed by atoms with E-state index < -0.39 is 0 Å². The summed E-state index contributed by atoms with van der Waals surface area (Å²) in [6.45, 7) is 0.374. The van der Waals surface area contributed by atoms with Gasteiger partial charge in [-0.05, 0) is 24.3 Å². The molecule has 84 valence electrons. The van der Waals surface area contributed by atoms with E-state index in [1.165, 1.54) is 4.90 Å². The zero-order valence-electron chi connectivity index (χ0n) is 8.48. The van der Waals surface area contributed by atoms with Gasteiger partial charge in [-0.2, -0.15) is 5.10 Å². The Balaban J connectivity index is 1.94. The Morgan fingerprint density at radius 1 is 1.31 bits per heavy atom. The average molecular weight is 299 g/mol. The van der Waals surface area contributed by atoms with Crippen LogP contribution < -0.4 is 5.73 Å². The van der Waals surface area contributed by atoms with Crippen molar-refractivity contribution in [3.63, 3.8) is 0 Å². The van der Waals surface area contributed by atoms with Gasteiger partial charge in [-0.3, -0.25) is 5.10 Å². The molecule has 1 aromatic carbocycles. The number of halogens is 1. The summed E-state index contributed by atoms with van der Waals surface area (Å²) in [4.78, 5) is 5.44. The zero-order valence-corrected chi connectivity index (χ0v) is 10.9. The summed E-state index contributed by atoms with van der Waals surface area (Å²) < 4.78 is 1.09. The molecule has 0 aliphatic rings. The minimum Gasteiger partial charge on any atom is -0.324 e. The van der Waals surface area contributed by atoms with Crippen molar-refractivity contribution in [1.29, 1.82) is 0 Å². The van der Waals surface area contributed by atoms with Crippen LogP contribution in [0.2, 0.25) is 0 Å². The van der Waals surface area contributed by atoms with E-state index in [-0.39, 0.29) is 0 Å². The quantitative estimate of drug-likeness (QED) is 0.850. The Bertz CT molecular complexity index is 454. The predicted octanol–water partition coefficient (Wildman–Crippen LogP) is 2.32. The maximum Gasteiger partial charge on any atom is 0.164 e. The van der Waals surface area contributed by atoms with Crippen LogP contribution in [0, 0.1) is 0 Å². The molecule has 0 saturated carbocycles. The number of aromatic amines is 1. The van der Waals surface area contributed by atoms with Crippen molar-refractivity contribution in [3.05, 3.63) is 40.4 Å². The van der Waals surface area contributed by atoms with Crippen molar-refractivity contribution in [2.45, 2.75) is 17.2 Å². The average Bonchev–Trinajstić information content (AvgIpc) is 2.76. The van der Waals surface area contributed by atoms with Crippen LogP contribution in [-0.2, 0) is 12.3 Å². The number of nitrogens with zero attached hydrogens (tertiary/aromatic N) is 2. The lowest BCUT2D eigenvalue weighted by molar-refractivity contribution is 0.916. The Morgan fingerprint density at radius 3 is 2.69 bits per heavy atom. The van der Waals surface area contributed by atoms with Gasteiger partial charge < -0.3 is 5.73 Å². The van der Waals surface area contributed by atoms with E-state index in [0.29, 0.717) is 12.4 Å². The smallest absolute Gasteiger partial charge is 0.164 e. The number of H-pyrrole nitrogens is 1. The summed E-state index contributed by atoms with van der Waals surface area (Å²) in [5.41, 5.74) is 5.43. The molecule has 0 amide bonds. The van der Waals surface area contributed by atoms with Crippen molar-refractivity contribution in [3.8, 4) is 0 Å². The number of aromatic nitrogens is 3. The van der Waals surface area contributed by atoms with Crippen LogP contribution in [0.15, 0.2) is 33.6 Å². The number of nitrogens with two attached hydrogens (primary N) is 1. The third-order valence-corrected chi connectivity index (χ3v) is 3.50. The van der Waals surface area contributed by atoms with E-state index in [0.717, 1.165) is 16.0 Å². The van der Waals surface area contributed by atoms with Gasteiger partial charge in [0.2, 0.25) is 0 Å². The Labute approximate surface area is 106 Å². The summed E-state index contributed by atoms with van der Waals surface area (Å²) in [6.07, 6.45) is 0. The van der Waals surface area contributed by atoms with Crippen LogP contribution in [-0.4, -0.2) is 15.2 Å². The molecule has 0 spiro atoms. The highest BCUT2D eigenvalue weighted by atomic mass is 79.9. The monoisotopic (exact) mass is 298 g/mol. The van der Waals surface area contributed by atoms with Crippen molar-refractivity contribution in [2.75, 3.05) is 0 Å². The highest BCUT2D eigenvalue weighted by Gasteiger charge is 2.02. The lowest BCUT2D eigenvalue weighted by Gasteiger charge is -1.98. The van der Waals surface area contributed by atoms with Gasteiger partial charge in [-0.25, -0.2) is 4.98 Å². The predicted molar refractivity (Wildman–Crippen MR) is 68.0 cm³/mol. The van der Waals surface area contributed by atoms with Crippen LogP contribution in [0.25, 0.3) is 0 Å². The number of benzene rings is 1. The Morgan fingerprint density at radius 2 is 2.06 bits per heavy atom. The fourth-order valence-electron chi connectivity index (χ4n) is 1.17. The molecule has 0 radical (unpaired) electrons. The second-order valence-corrected chi connectivity index (χ2v) is 5.11. The lowest BCUT2D eigenvalue weighted by atomic mass is 10.4. The first-order valence-electron chi connectivity index (χ1n) is 4.76. The summed E-state index contributed by atoms with van der Waals surface area (Å²) in [6, 6.07) is 8.17. The van der Waals surface area contributed by atoms with Gasteiger partial charge in [0, 0.05) is 9.37 Å². The van der Waals surface area contributed by atoms with Crippen LogP contribution in [0.5, 0.6) is 0 Å². The molecule has 1 heterocycles. The first-order chi connectivity index (χ1) is 7.78. The SMILES string of the molecule is NCc1n[nH]c(CSc2ccc(Br)cc2)n1. The molecule has 0 saturated heterocycles. The molecule has 6 heteroatoms. The first-order valence-corrected chi connectivity index (χ1v) is 6.54. The van der Waals surface area contributed by atoms with Gasteiger partial charge >= 0.3 is 0 Å². The van der Waals surface area contributed by atoms with Gasteiger partial charge in [-0.15, -0.1) is 11.8 Å². The number of nitrogens with one attached hydrogen (secondary N) is 1. The van der Waals surface area contributed by atoms with Crippen LogP contribution >= 0.6 is 27.7 Å². The molecule has 2 rings (SSSR count). The van der Waals surface area contributed by atoms with E-state index in [1.54, 1.807) is 11.8 Å². The van der Waals surface area contributed by atoms with Crippen LogP contribution in [0.4, 0.5) is 0 Å². The normalized spacial score (nSPS) is 10.6. The molecule has 0 bridgehead atoms. The fraction of sp³-hybridized carbons (Fsp3) is 0.200. The van der Waals surface area contributed by atoms with Gasteiger partial charge in [0.25, 0.3) is 0 Å². The molecule has 0 fully saturated rings. The largest absolute Gasteiger partial charge is 0.324 e. The van der Waals surface area contributed by atoms with Gasteiger partial charge in [0.05, 0.1) is 12.3 Å². The van der Waals surface area contributed by atoms with Crippen LogP contribution in [0.1, 0.15) is 11.6 Å². The molecule has 0 aliphatic heterocycles. The maximum absolute atomic E-state index is 5.43. The molecule has 0 unspecified atom stereocenters. The standard InChI is InChI=1S/C10H11BrN4S/c11-7-1-3-8(4-2-7)16-6-10-13-9(5-12)14-15-10/h1-4H,5-6,12H2,(H,13,14,15). The van der Waals surface area contributed by atoms with E-state index in [9.17, 15) is 0 Å². The van der Waals surface area contributed by atoms with Crippen LogP contribution in [0.3, 0.4) is 0 Å². The molecule has 2 aromatic rings. The molecular formula is C10H11BrN4S. The summed E-state index contributed by atoms with van der Waals surface area (Å²) in [5, 5.41) is 6.85. The van der Waals surface area contributed by atoms with E-state index in [2.05, 4.69) is 43.2 Å². The molecule has 0 aliphatic carbocycles. The highest BCUT2D eigenvalue weighted by molar-refractivity contribution is 9.10. The summed E-state index contributed by atoms with van der Waals surface area (Å²) in [7, 11) is 0. The fourth-order valence-corrected chi connectivity index (χ4v) is 2.20. The third kappa shape index (κ3) is 3.07. The van der Waals surface area contributed by atoms with E-state index in [1.807, 2.05) is 12.1 Å². The minimum atomic E-state index is 0.374. The number of hydrogen-bond donors (Lipinski definition) is 2. The molecule has 16 heavy (non-hydrogen) atoms. The molecule has 3 N–H and O–H groups in total. The molecular weight excluding hydrogens is 288 g/mol. The van der Waals surface area contributed by atoms with Crippen molar-refractivity contribution in [1.82, 2.24) is 15.2 Å². The van der Waals surface area contributed by atoms with Crippen molar-refractivity contribution >= 4 is 27.7 Å². The van der Waals surface area contributed by atoms with Crippen molar-refractivity contribution in [2.24, 2.45) is 5.73 Å². The van der Waals surface area contributed by atoms with Gasteiger partial charge in [-0.1, -0.05) is 15.9 Å². The molecule has 4 nitrogen and oxygen atoms in total. The zero-order chi connectivity index (χ0) is 11.4. The van der Waals surface area contributed by atoms with E-state index in [4.69, 9.17) is 5.73 Å². The molecule has 1 aromatic heterocycles. The van der Waals surface area contributed by atoms with Gasteiger partial charge in [0.1, 0.15) is 5.82 Å². The highest BCUT2D eigenvalue weighted by Crippen LogP contribution is 2.22. The number of hydrogen-bond acceptors (Lipinski definition) is 4. The summed E-state index contributed by atoms with van der Waals surface area (Å²) in [5.74, 6) is 2.29. The number of rotatable bonds is 4.